The summed E-state index contributed by atoms with van der Waals surface area (Å²) in [5.74, 6) is 0. The van der Waals surface area contributed by atoms with E-state index in [2.05, 4.69) is 42.0 Å². The molecule has 0 spiro atoms. The maximum absolute atomic E-state index is 4.39. The monoisotopic (exact) mass is 201 g/mol. The van der Waals surface area contributed by atoms with E-state index < -0.39 is 0 Å². The Morgan fingerprint density at radius 3 is 2.53 bits per heavy atom. The van der Waals surface area contributed by atoms with Gasteiger partial charge in [0.25, 0.3) is 0 Å². The first-order chi connectivity index (χ1) is 7.07. The lowest BCUT2D eigenvalue weighted by Crippen LogP contribution is -2.13. The lowest BCUT2D eigenvalue weighted by atomic mass is 9.90. The molecule has 0 unspecified atom stereocenters. The summed E-state index contributed by atoms with van der Waals surface area (Å²) in [6, 6.07) is 6.05. The second kappa shape index (κ2) is 3.50. The summed E-state index contributed by atoms with van der Waals surface area (Å²) >= 11 is 0. The molecule has 3 heteroatoms. The number of nitrogens with zero attached hydrogens (tertiary/aromatic N) is 2. The summed E-state index contributed by atoms with van der Waals surface area (Å²) in [6.45, 7) is 6.48. The van der Waals surface area contributed by atoms with Crippen molar-refractivity contribution in [2.45, 2.75) is 26.2 Å². The molecule has 0 aromatic carbocycles. The van der Waals surface area contributed by atoms with Crippen LogP contribution in [0.3, 0.4) is 0 Å². The average Bonchev–Trinajstić information content (AvgIpc) is 2.69. The van der Waals surface area contributed by atoms with Crippen LogP contribution in [0.5, 0.6) is 0 Å². The van der Waals surface area contributed by atoms with E-state index in [-0.39, 0.29) is 5.41 Å². The molecule has 0 aliphatic heterocycles. The first-order valence-electron chi connectivity index (χ1n) is 5.03. The number of rotatable bonds is 1. The van der Waals surface area contributed by atoms with E-state index in [0.717, 1.165) is 17.0 Å². The van der Waals surface area contributed by atoms with E-state index in [0.29, 0.717) is 0 Å². The van der Waals surface area contributed by atoms with Crippen molar-refractivity contribution in [3.63, 3.8) is 0 Å². The van der Waals surface area contributed by atoms with Crippen molar-refractivity contribution >= 4 is 0 Å². The van der Waals surface area contributed by atoms with Gasteiger partial charge in [-0.1, -0.05) is 20.8 Å². The molecular formula is C12H15N3. The van der Waals surface area contributed by atoms with Crippen LogP contribution in [-0.4, -0.2) is 15.2 Å². The molecular weight excluding hydrogens is 186 g/mol. The van der Waals surface area contributed by atoms with Crippen molar-refractivity contribution in [2.24, 2.45) is 0 Å². The van der Waals surface area contributed by atoms with Crippen LogP contribution in [0, 0.1) is 0 Å². The van der Waals surface area contributed by atoms with E-state index in [1.807, 2.05) is 18.3 Å². The molecule has 2 aromatic heterocycles. The molecule has 0 amide bonds. The van der Waals surface area contributed by atoms with Crippen LogP contribution in [0.25, 0.3) is 11.3 Å². The Hall–Kier alpha value is -1.64. The molecule has 0 saturated heterocycles. The summed E-state index contributed by atoms with van der Waals surface area (Å²) in [5, 5.41) is 6.90. The van der Waals surface area contributed by atoms with Gasteiger partial charge in [0.1, 0.15) is 0 Å². The van der Waals surface area contributed by atoms with Crippen molar-refractivity contribution in [1.29, 1.82) is 0 Å². The number of aromatic amines is 1. The number of nitrogens with one attached hydrogen (secondary N) is 1. The van der Waals surface area contributed by atoms with Gasteiger partial charge in [0, 0.05) is 29.1 Å². The van der Waals surface area contributed by atoms with Crippen LogP contribution in [0.2, 0.25) is 0 Å². The molecule has 0 saturated carbocycles. The van der Waals surface area contributed by atoms with Gasteiger partial charge >= 0.3 is 0 Å². The van der Waals surface area contributed by atoms with Crippen LogP contribution in [0.15, 0.2) is 30.6 Å². The van der Waals surface area contributed by atoms with E-state index in [9.17, 15) is 0 Å². The van der Waals surface area contributed by atoms with E-state index in [4.69, 9.17) is 0 Å². The Bertz CT molecular complexity index is 438. The van der Waals surface area contributed by atoms with Crippen LogP contribution in [-0.2, 0) is 5.41 Å². The van der Waals surface area contributed by atoms with Gasteiger partial charge in [-0.2, -0.15) is 5.10 Å². The molecule has 15 heavy (non-hydrogen) atoms. The largest absolute Gasteiger partial charge is 0.278 e. The number of hydrogen-bond acceptors (Lipinski definition) is 2. The topological polar surface area (TPSA) is 41.6 Å². The number of hydrogen-bond donors (Lipinski definition) is 1. The third kappa shape index (κ3) is 2.06. The number of aromatic nitrogens is 3. The Labute approximate surface area is 89.6 Å². The van der Waals surface area contributed by atoms with Gasteiger partial charge in [0.05, 0.1) is 5.69 Å². The highest BCUT2D eigenvalue weighted by Crippen LogP contribution is 2.24. The third-order valence-corrected chi connectivity index (χ3v) is 2.34. The molecule has 2 aromatic rings. The number of H-pyrrole nitrogens is 1. The predicted molar refractivity (Wildman–Crippen MR) is 60.5 cm³/mol. The molecule has 0 bridgehead atoms. The maximum Gasteiger partial charge on any atom is 0.0651 e. The highest BCUT2D eigenvalue weighted by Gasteiger charge is 2.15. The van der Waals surface area contributed by atoms with Crippen molar-refractivity contribution in [2.75, 3.05) is 0 Å². The second-order valence-electron chi connectivity index (χ2n) is 4.65. The SMILES string of the molecule is CC(C)(C)c1cc(-c2ccn[nH]2)ccn1. The highest BCUT2D eigenvalue weighted by atomic mass is 15.1. The average molecular weight is 201 g/mol. The molecule has 0 atom stereocenters. The lowest BCUT2D eigenvalue weighted by molar-refractivity contribution is 0.569. The van der Waals surface area contributed by atoms with E-state index in [1.165, 1.54) is 0 Å². The van der Waals surface area contributed by atoms with Gasteiger partial charge in [-0.3, -0.25) is 10.1 Å². The smallest absolute Gasteiger partial charge is 0.0651 e. The van der Waals surface area contributed by atoms with Crippen molar-refractivity contribution in [3.8, 4) is 11.3 Å². The third-order valence-electron chi connectivity index (χ3n) is 2.34. The Kier molecular flexibility index (Phi) is 2.31. The lowest BCUT2D eigenvalue weighted by Gasteiger charge is -2.17. The molecule has 78 valence electrons. The summed E-state index contributed by atoms with van der Waals surface area (Å²) < 4.78 is 0. The first-order valence-corrected chi connectivity index (χ1v) is 5.03. The molecule has 3 nitrogen and oxygen atoms in total. The summed E-state index contributed by atoms with van der Waals surface area (Å²) in [4.78, 5) is 4.39. The van der Waals surface area contributed by atoms with Gasteiger partial charge in [-0.15, -0.1) is 0 Å². The summed E-state index contributed by atoms with van der Waals surface area (Å²) in [5.41, 5.74) is 3.33. The van der Waals surface area contributed by atoms with Gasteiger partial charge in [-0.05, 0) is 18.2 Å². The van der Waals surface area contributed by atoms with Gasteiger partial charge in [-0.25, -0.2) is 0 Å². The van der Waals surface area contributed by atoms with Crippen LogP contribution < -0.4 is 0 Å². The minimum Gasteiger partial charge on any atom is -0.278 e. The molecule has 1 N–H and O–H groups in total. The fourth-order valence-electron chi connectivity index (χ4n) is 1.42. The van der Waals surface area contributed by atoms with Crippen LogP contribution in [0.1, 0.15) is 26.5 Å². The fraction of sp³-hybridized carbons (Fsp3) is 0.333. The maximum atomic E-state index is 4.39. The Morgan fingerprint density at radius 2 is 1.93 bits per heavy atom. The van der Waals surface area contributed by atoms with Crippen molar-refractivity contribution in [3.05, 3.63) is 36.3 Å². The number of pyridine rings is 1. The fourth-order valence-corrected chi connectivity index (χ4v) is 1.42. The van der Waals surface area contributed by atoms with Crippen LogP contribution in [0.4, 0.5) is 0 Å². The summed E-state index contributed by atoms with van der Waals surface area (Å²) in [6.07, 6.45) is 3.60. The van der Waals surface area contributed by atoms with E-state index in [1.54, 1.807) is 6.20 Å². The molecule has 2 rings (SSSR count). The standard InChI is InChI=1S/C12H15N3/c1-12(2,3)11-8-9(4-6-13-11)10-5-7-14-15-10/h4-8H,1-3H3,(H,14,15). The van der Waals surface area contributed by atoms with Gasteiger partial charge in [0.15, 0.2) is 0 Å². The van der Waals surface area contributed by atoms with Crippen molar-refractivity contribution in [1.82, 2.24) is 15.2 Å². The minimum atomic E-state index is 0.0794. The minimum absolute atomic E-state index is 0.0794. The molecule has 0 aliphatic rings. The summed E-state index contributed by atoms with van der Waals surface area (Å²) in [7, 11) is 0. The molecule has 0 fully saturated rings. The second-order valence-corrected chi connectivity index (χ2v) is 4.65. The zero-order valence-electron chi connectivity index (χ0n) is 9.28. The molecule has 0 radical (unpaired) electrons. The highest BCUT2D eigenvalue weighted by molar-refractivity contribution is 5.58. The molecule has 2 heterocycles. The Morgan fingerprint density at radius 1 is 1.13 bits per heavy atom. The molecule has 0 aliphatic carbocycles. The predicted octanol–water partition coefficient (Wildman–Crippen LogP) is 2.77. The zero-order chi connectivity index (χ0) is 10.9. The first kappa shape index (κ1) is 9.90. The Balaban J connectivity index is 2.44. The van der Waals surface area contributed by atoms with Crippen molar-refractivity contribution < 1.29 is 0 Å². The van der Waals surface area contributed by atoms with Gasteiger partial charge < -0.3 is 0 Å². The van der Waals surface area contributed by atoms with Crippen LogP contribution >= 0.6 is 0 Å². The van der Waals surface area contributed by atoms with E-state index >= 15 is 0 Å². The zero-order valence-corrected chi connectivity index (χ0v) is 9.28. The quantitative estimate of drug-likeness (QED) is 0.770. The van der Waals surface area contributed by atoms with Gasteiger partial charge in [0.2, 0.25) is 0 Å². The normalized spacial score (nSPS) is 11.7.